The highest BCUT2D eigenvalue weighted by molar-refractivity contribution is 7.99. The summed E-state index contributed by atoms with van der Waals surface area (Å²) in [6.07, 6.45) is 3.19. The van der Waals surface area contributed by atoms with Crippen LogP contribution in [0.5, 0.6) is 0 Å². The lowest BCUT2D eigenvalue weighted by molar-refractivity contribution is 0.102. The van der Waals surface area contributed by atoms with Crippen molar-refractivity contribution in [3.8, 4) is 6.07 Å². The Kier molecular flexibility index (Phi) is 4.43. The van der Waals surface area contributed by atoms with Crippen LogP contribution in [0.4, 0.5) is 0 Å². The second-order valence-corrected chi connectivity index (χ2v) is 5.09. The molecule has 1 aromatic carbocycles. The summed E-state index contributed by atoms with van der Waals surface area (Å²) in [5.41, 5.74) is 1.76. The Morgan fingerprint density at radius 1 is 1.39 bits per heavy atom. The van der Waals surface area contributed by atoms with Crippen molar-refractivity contribution in [3.05, 3.63) is 36.0 Å². The van der Waals surface area contributed by atoms with Gasteiger partial charge in [-0.25, -0.2) is 0 Å². The molecule has 0 amide bonds. The van der Waals surface area contributed by atoms with E-state index in [4.69, 9.17) is 5.26 Å². The van der Waals surface area contributed by atoms with E-state index < -0.39 is 0 Å². The topological polar surface area (TPSA) is 56.6 Å². The van der Waals surface area contributed by atoms with Crippen LogP contribution in [0.25, 0.3) is 10.9 Å². The standard InChI is InChI=1S/C14H14N2OS/c15-7-3-4-8-18-10-14(17)12-9-16-13-6-2-1-5-11(12)13/h1-2,5-6,9,16H,3-4,8,10H2. The highest BCUT2D eigenvalue weighted by Gasteiger charge is 2.11. The molecule has 0 unspecified atom stereocenters. The van der Waals surface area contributed by atoms with Crippen molar-refractivity contribution in [1.29, 1.82) is 5.26 Å². The molecule has 0 radical (unpaired) electrons. The van der Waals surface area contributed by atoms with Crippen LogP contribution in [0.1, 0.15) is 23.2 Å². The number of rotatable bonds is 6. The normalized spacial score (nSPS) is 10.4. The summed E-state index contributed by atoms with van der Waals surface area (Å²) in [7, 11) is 0. The van der Waals surface area contributed by atoms with E-state index in [0.717, 1.165) is 28.6 Å². The monoisotopic (exact) mass is 258 g/mol. The number of aromatic nitrogens is 1. The van der Waals surface area contributed by atoms with Gasteiger partial charge in [0, 0.05) is 29.1 Å². The first-order valence-corrected chi connectivity index (χ1v) is 7.02. The number of H-pyrrole nitrogens is 1. The highest BCUT2D eigenvalue weighted by atomic mass is 32.2. The lowest BCUT2D eigenvalue weighted by Gasteiger charge is -1.99. The SMILES string of the molecule is N#CCCCSCC(=O)c1c[nH]c2ccccc12. The van der Waals surface area contributed by atoms with Crippen LogP contribution >= 0.6 is 11.8 Å². The number of para-hydroxylation sites is 1. The molecule has 0 spiro atoms. The van der Waals surface area contributed by atoms with Crippen molar-refractivity contribution in [1.82, 2.24) is 4.98 Å². The fourth-order valence-electron chi connectivity index (χ4n) is 1.80. The van der Waals surface area contributed by atoms with Crippen molar-refractivity contribution in [2.24, 2.45) is 0 Å². The number of carbonyl (C=O) groups is 1. The van der Waals surface area contributed by atoms with Gasteiger partial charge < -0.3 is 4.98 Å². The van der Waals surface area contributed by atoms with E-state index in [0.29, 0.717) is 12.2 Å². The minimum atomic E-state index is 0.148. The molecule has 0 bridgehead atoms. The van der Waals surface area contributed by atoms with Gasteiger partial charge in [0.05, 0.1) is 11.8 Å². The van der Waals surface area contributed by atoms with E-state index in [2.05, 4.69) is 11.1 Å². The van der Waals surface area contributed by atoms with Gasteiger partial charge in [-0.1, -0.05) is 18.2 Å². The second-order valence-electron chi connectivity index (χ2n) is 3.99. The number of fused-ring (bicyclic) bond motifs is 1. The molecule has 18 heavy (non-hydrogen) atoms. The van der Waals surface area contributed by atoms with Gasteiger partial charge >= 0.3 is 0 Å². The maximum absolute atomic E-state index is 12.0. The highest BCUT2D eigenvalue weighted by Crippen LogP contribution is 2.19. The maximum atomic E-state index is 12.0. The minimum absolute atomic E-state index is 0.148. The number of carbonyl (C=O) groups excluding carboxylic acids is 1. The minimum Gasteiger partial charge on any atom is -0.360 e. The quantitative estimate of drug-likeness (QED) is 0.638. The van der Waals surface area contributed by atoms with Crippen molar-refractivity contribution in [2.45, 2.75) is 12.8 Å². The van der Waals surface area contributed by atoms with Gasteiger partial charge in [0.1, 0.15) is 0 Å². The molecule has 0 aliphatic rings. The van der Waals surface area contributed by atoms with Crippen LogP contribution in [-0.4, -0.2) is 22.3 Å². The van der Waals surface area contributed by atoms with Crippen molar-refractivity contribution >= 4 is 28.4 Å². The number of aromatic amines is 1. The van der Waals surface area contributed by atoms with E-state index in [-0.39, 0.29) is 5.78 Å². The first-order valence-electron chi connectivity index (χ1n) is 5.87. The number of unbranched alkanes of at least 4 members (excludes halogenated alkanes) is 1. The first kappa shape index (κ1) is 12.7. The molecule has 2 rings (SSSR count). The third kappa shape index (κ3) is 2.93. The van der Waals surface area contributed by atoms with Crippen molar-refractivity contribution in [3.63, 3.8) is 0 Å². The number of nitriles is 1. The van der Waals surface area contributed by atoms with Crippen LogP contribution in [0.15, 0.2) is 30.5 Å². The number of nitrogens with zero attached hydrogens (tertiary/aromatic N) is 1. The summed E-state index contributed by atoms with van der Waals surface area (Å²) >= 11 is 1.59. The van der Waals surface area contributed by atoms with E-state index in [1.807, 2.05) is 24.3 Å². The molecule has 4 heteroatoms. The Hall–Kier alpha value is -1.73. The molecule has 1 aromatic heterocycles. The third-order valence-electron chi connectivity index (χ3n) is 2.70. The molecule has 0 aliphatic carbocycles. The lowest BCUT2D eigenvalue weighted by Crippen LogP contribution is -2.02. The zero-order valence-electron chi connectivity index (χ0n) is 9.98. The number of ketones is 1. The summed E-state index contributed by atoms with van der Waals surface area (Å²) in [5, 5.41) is 9.40. The summed E-state index contributed by atoms with van der Waals surface area (Å²) < 4.78 is 0. The number of thioether (sulfide) groups is 1. The van der Waals surface area contributed by atoms with E-state index in [9.17, 15) is 4.79 Å². The summed E-state index contributed by atoms with van der Waals surface area (Å²) in [6, 6.07) is 9.91. The Balaban J connectivity index is 1.95. The number of nitrogens with one attached hydrogen (secondary N) is 1. The van der Waals surface area contributed by atoms with Crippen LogP contribution in [-0.2, 0) is 0 Å². The maximum Gasteiger partial charge on any atom is 0.174 e. The van der Waals surface area contributed by atoms with Gasteiger partial charge in [-0.05, 0) is 18.2 Å². The number of hydrogen-bond donors (Lipinski definition) is 1. The average molecular weight is 258 g/mol. The fourth-order valence-corrected chi connectivity index (χ4v) is 2.63. The van der Waals surface area contributed by atoms with Crippen LogP contribution in [0.3, 0.4) is 0 Å². The van der Waals surface area contributed by atoms with Gasteiger partial charge in [0.2, 0.25) is 0 Å². The van der Waals surface area contributed by atoms with E-state index in [1.54, 1.807) is 18.0 Å². The third-order valence-corrected chi connectivity index (χ3v) is 3.74. The Morgan fingerprint density at radius 2 is 2.22 bits per heavy atom. The van der Waals surface area contributed by atoms with E-state index in [1.165, 1.54) is 0 Å². The molecule has 0 atom stereocenters. The Labute approximate surface area is 110 Å². The number of Topliss-reactive ketones (excluding diaryl/α,β-unsaturated/α-hetero) is 1. The smallest absolute Gasteiger partial charge is 0.174 e. The van der Waals surface area contributed by atoms with E-state index >= 15 is 0 Å². The summed E-state index contributed by atoms with van der Waals surface area (Å²) in [4.78, 5) is 15.2. The molecule has 2 aromatic rings. The predicted molar refractivity (Wildman–Crippen MR) is 74.8 cm³/mol. The van der Waals surface area contributed by atoms with Gasteiger partial charge in [0.25, 0.3) is 0 Å². The van der Waals surface area contributed by atoms with Gasteiger partial charge in [-0.3, -0.25) is 4.79 Å². The molecule has 0 fully saturated rings. The molecule has 0 saturated carbocycles. The summed E-state index contributed by atoms with van der Waals surface area (Å²) in [5.74, 6) is 1.49. The summed E-state index contributed by atoms with van der Waals surface area (Å²) in [6.45, 7) is 0. The molecule has 1 N–H and O–H groups in total. The van der Waals surface area contributed by atoms with Gasteiger partial charge in [0.15, 0.2) is 5.78 Å². The molecular weight excluding hydrogens is 244 g/mol. The zero-order chi connectivity index (χ0) is 12.8. The molecule has 92 valence electrons. The predicted octanol–water partition coefficient (Wildman–Crippen LogP) is 3.39. The van der Waals surface area contributed by atoms with Crippen molar-refractivity contribution in [2.75, 3.05) is 11.5 Å². The van der Waals surface area contributed by atoms with Gasteiger partial charge in [-0.2, -0.15) is 17.0 Å². The number of benzene rings is 1. The molecular formula is C14H14N2OS. The lowest BCUT2D eigenvalue weighted by atomic mass is 10.1. The Bertz CT molecular complexity index is 583. The van der Waals surface area contributed by atoms with Gasteiger partial charge in [-0.15, -0.1) is 0 Å². The first-order chi connectivity index (χ1) is 8.83. The molecule has 3 nitrogen and oxygen atoms in total. The number of hydrogen-bond acceptors (Lipinski definition) is 3. The second kappa shape index (κ2) is 6.27. The zero-order valence-corrected chi connectivity index (χ0v) is 10.8. The molecule has 1 heterocycles. The molecule has 0 aliphatic heterocycles. The van der Waals surface area contributed by atoms with Crippen LogP contribution < -0.4 is 0 Å². The largest absolute Gasteiger partial charge is 0.360 e. The average Bonchev–Trinajstić information content (AvgIpc) is 2.82. The molecule has 0 saturated heterocycles. The fraction of sp³-hybridized carbons (Fsp3) is 0.286. The Morgan fingerprint density at radius 3 is 3.06 bits per heavy atom. The van der Waals surface area contributed by atoms with Crippen molar-refractivity contribution < 1.29 is 4.79 Å². The van der Waals surface area contributed by atoms with Crippen LogP contribution in [0, 0.1) is 11.3 Å². The van der Waals surface area contributed by atoms with Crippen LogP contribution in [0.2, 0.25) is 0 Å².